The molecule has 2 atom stereocenters. The highest BCUT2D eigenvalue weighted by Gasteiger charge is 2.48. The molecule has 1 aliphatic heterocycles. The Morgan fingerprint density at radius 2 is 2.35 bits per heavy atom. The van der Waals surface area contributed by atoms with Crippen molar-refractivity contribution >= 4 is 23.4 Å². The van der Waals surface area contributed by atoms with Gasteiger partial charge in [0.25, 0.3) is 0 Å². The van der Waals surface area contributed by atoms with Gasteiger partial charge in [-0.15, -0.1) is 0 Å². The molecule has 1 fully saturated rings. The number of thioether (sulfide) groups is 1. The molecule has 1 aromatic carbocycles. The second-order valence-electron chi connectivity index (χ2n) is 4.81. The Morgan fingerprint density at radius 3 is 2.95 bits per heavy atom. The number of esters is 1. The number of hydrogen-bond acceptors (Lipinski definition) is 5. The predicted molar refractivity (Wildman–Crippen MR) is 82.5 cm³/mol. The Labute approximate surface area is 124 Å². The highest BCUT2D eigenvalue weighted by molar-refractivity contribution is 8.00. The van der Waals surface area contributed by atoms with Gasteiger partial charge in [-0.2, -0.15) is 11.8 Å². The van der Waals surface area contributed by atoms with Crippen LogP contribution in [0.25, 0.3) is 0 Å². The summed E-state index contributed by atoms with van der Waals surface area (Å²) in [4.78, 5) is 12.4. The maximum Gasteiger partial charge on any atom is 0.332 e. The van der Waals surface area contributed by atoms with Crippen LogP contribution < -0.4 is 10.1 Å². The smallest absolute Gasteiger partial charge is 0.332 e. The van der Waals surface area contributed by atoms with Gasteiger partial charge in [0.2, 0.25) is 0 Å². The molecule has 0 radical (unpaired) electrons. The standard InChI is InChI=1S/C15H21NO3S/c1-4-19-14(17)15(8-9-20-11(15)2)16-12-6-5-7-13(10-12)18-3/h5-7,10-11,16H,4,8-9H2,1-3H3. The summed E-state index contributed by atoms with van der Waals surface area (Å²) in [6.07, 6.45) is 0.773. The molecule has 0 aromatic heterocycles. The summed E-state index contributed by atoms with van der Waals surface area (Å²) in [7, 11) is 1.63. The predicted octanol–water partition coefficient (Wildman–Crippen LogP) is 2.93. The summed E-state index contributed by atoms with van der Waals surface area (Å²) < 4.78 is 10.5. The van der Waals surface area contributed by atoms with Gasteiger partial charge in [0.1, 0.15) is 11.3 Å². The Hall–Kier alpha value is -1.36. The van der Waals surface area contributed by atoms with Crippen LogP contribution in [-0.4, -0.2) is 36.2 Å². The third kappa shape index (κ3) is 2.87. The van der Waals surface area contributed by atoms with Crippen molar-refractivity contribution in [3.05, 3.63) is 24.3 Å². The Kier molecular flexibility index (Phi) is 4.81. The number of anilines is 1. The molecule has 0 aliphatic carbocycles. The van der Waals surface area contributed by atoms with E-state index < -0.39 is 5.54 Å². The first kappa shape index (κ1) is 15.0. The molecule has 0 bridgehead atoms. The molecule has 2 rings (SSSR count). The molecule has 1 aromatic rings. The molecular weight excluding hydrogens is 274 g/mol. The molecule has 2 unspecified atom stereocenters. The molecule has 5 heteroatoms. The van der Waals surface area contributed by atoms with Gasteiger partial charge in [-0.25, -0.2) is 4.79 Å². The number of hydrogen-bond donors (Lipinski definition) is 1. The van der Waals surface area contributed by atoms with Gasteiger partial charge in [0.15, 0.2) is 0 Å². The van der Waals surface area contributed by atoms with Crippen LogP contribution in [0.4, 0.5) is 5.69 Å². The van der Waals surface area contributed by atoms with E-state index in [1.807, 2.05) is 31.2 Å². The quantitative estimate of drug-likeness (QED) is 0.846. The Morgan fingerprint density at radius 1 is 1.55 bits per heavy atom. The van der Waals surface area contributed by atoms with Gasteiger partial charge in [-0.3, -0.25) is 0 Å². The van der Waals surface area contributed by atoms with E-state index >= 15 is 0 Å². The van der Waals surface area contributed by atoms with Crippen LogP contribution in [0.15, 0.2) is 24.3 Å². The largest absolute Gasteiger partial charge is 0.497 e. The number of nitrogens with one attached hydrogen (secondary N) is 1. The highest BCUT2D eigenvalue weighted by atomic mass is 32.2. The third-order valence-electron chi connectivity index (χ3n) is 3.64. The number of rotatable bonds is 5. The summed E-state index contributed by atoms with van der Waals surface area (Å²) in [5, 5.41) is 3.56. The van der Waals surface area contributed by atoms with E-state index in [2.05, 4.69) is 12.2 Å². The maximum absolute atomic E-state index is 12.4. The van der Waals surface area contributed by atoms with Gasteiger partial charge in [-0.1, -0.05) is 13.0 Å². The first-order chi connectivity index (χ1) is 9.62. The van der Waals surface area contributed by atoms with Crippen LogP contribution in [0.2, 0.25) is 0 Å². The summed E-state index contributed by atoms with van der Waals surface area (Å²) in [6, 6.07) is 7.64. The number of carbonyl (C=O) groups excluding carboxylic acids is 1. The molecule has 1 aliphatic rings. The number of benzene rings is 1. The monoisotopic (exact) mass is 295 g/mol. The molecule has 110 valence electrons. The van der Waals surface area contributed by atoms with Crippen molar-refractivity contribution < 1.29 is 14.3 Å². The summed E-state index contributed by atoms with van der Waals surface area (Å²) >= 11 is 1.79. The van der Waals surface area contributed by atoms with E-state index in [1.165, 1.54) is 0 Å². The van der Waals surface area contributed by atoms with Crippen LogP contribution in [0.1, 0.15) is 20.3 Å². The van der Waals surface area contributed by atoms with Crippen LogP contribution in [-0.2, 0) is 9.53 Å². The van der Waals surface area contributed by atoms with Crippen molar-refractivity contribution in [2.75, 3.05) is 24.8 Å². The van der Waals surface area contributed by atoms with Gasteiger partial charge < -0.3 is 14.8 Å². The zero-order chi connectivity index (χ0) is 14.6. The zero-order valence-electron chi connectivity index (χ0n) is 12.1. The number of ether oxygens (including phenoxy) is 2. The lowest BCUT2D eigenvalue weighted by Gasteiger charge is -2.32. The summed E-state index contributed by atoms with van der Waals surface area (Å²) in [5.41, 5.74) is 0.235. The fraction of sp³-hybridized carbons (Fsp3) is 0.533. The normalized spacial score (nSPS) is 25.2. The minimum Gasteiger partial charge on any atom is -0.497 e. The minimum absolute atomic E-state index is 0.166. The molecule has 0 spiro atoms. The van der Waals surface area contributed by atoms with Crippen LogP contribution in [0.3, 0.4) is 0 Å². The average molecular weight is 295 g/mol. The topological polar surface area (TPSA) is 47.6 Å². The van der Waals surface area contributed by atoms with E-state index in [-0.39, 0.29) is 11.2 Å². The van der Waals surface area contributed by atoms with E-state index in [0.29, 0.717) is 6.61 Å². The van der Waals surface area contributed by atoms with Crippen molar-refractivity contribution in [2.24, 2.45) is 0 Å². The lowest BCUT2D eigenvalue weighted by atomic mass is 9.92. The van der Waals surface area contributed by atoms with E-state index in [4.69, 9.17) is 9.47 Å². The highest BCUT2D eigenvalue weighted by Crippen LogP contribution is 2.39. The van der Waals surface area contributed by atoms with Crippen molar-refractivity contribution in [1.29, 1.82) is 0 Å². The summed E-state index contributed by atoms with van der Waals surface area (Å²) in [6.45, 7) is 4.31. The molecule has 0 saturated carbocycles. The Balaban J connectivity index is 2.26. The lowest BCUT2D eigenvalue weighted by molar-refractivity contribution is -0.148. The fourth-order valence-corrected chi connectivity index (χ4v) is 3.79. The van der Waals surface area contributed by atoms with Gasteiger partial charge in [-0.05, 0) is 31.2 Å². The third-order valence-corrected chi connectivity index (χ3v) is 4.98. The molecule has 1 saturated heterocycles. The van der Waals surface area contributed by atoms with Crippen molar-refractivity contribution in [3.8, 4) is 5.75 Å². The molecule has 4 nitrogen and oxygen atoms in total. The SMILES string of the molecule is CCOC(=O)C1(Nc2cccc(OC)c2)CCSC1C. The van der Waals surface area contributed by atoms with Crippen LogP contribution in [0.5, 0.6) is 5.75 Å². The van der Waals surface area contributed by atoms with Crippen molar-refractivity contribution in [3.63, 3.8) is 0 Å². The van der Waals surface area contributed by atoms with Gasteiger partial charge in [0, 0.05) is 17.0 Å². The lowest BCUT2D eigenvalue weighted by Crippen LogP contribution is -2.51. The molecule has 20 heavy (non-hydrogen) atoms. The van der Waals surface area contributed by atoms with E-state index in [9.17, 15) is 4.79 Å². The molecule has 0 amide bonds. The van der Waals surface area contributed by atoms with Crippen molar-refractivity contribution in [2.45, 2.75) is 31.1 Å². The summed E-state index contributed by atoms with van der Waals surface area (Å²) in [5.74, 6) is 1.56. The minimum atomic E-state index is -0.646. The molecular formula is C15H21NO3S. The average Bonchev–Trinajstić information content (AvgIpc) is 2.81. The van der Waals surface area contributed by atoms with Gasteiger partial charge >= 0.3 is 5.97 Å². The first-order valence-corrected chi connectivity index (χ1v) is 7.88. The fourth-order valence-electron chi connectivity index (χ4n) is 2.44. The van der Waals surface area contributed by atoms with Crippen molar-refractivity contribution in [1.82, 2.24) is 0 Å². The molecule has 1 heterocycles. The van der Waals surface area contributed by atoms with Crippen LogP contribution >= 0.6 is 11.8 Å². The second-order valence-corrected chi connectivity index (χ2v) is 6.26. The number of methoxy groups -OCH3 is 1. The van der Waals surface area contributed by atoms with E-state index in [0.717, 1.165) is 23.6 Å². The maximum atomic E-state index is 12.4. The van der Waals surface area contributed by atoms with Crippen LogP contribution in [0, 0.1) is 0 Å². The van der Waals surface area contributed by atoms with Gasteiger partial charge in [0.05, 0.1) is 13.7 Å². The van der Waals surface area contributed by atoms with E-state index in [1.54, 1.807) is 18.9 Å². The zero-order valence-corrected chi connectivity index (χ0v) is 13.0. The second kappa shape index (κ2) is 6.39. The Bertz CT molecular complexity index is 480. The first-order valence-electron chi connectivity index (χ1n) is 6.83. The molecule has 1 N–H and O–H groups in total. The number of carbonyl (C=O) groups is 1.